The summed E-state index contributed by atoms with van der Waals surface area (Å²) in [7, 11) is 0. The number of benzene rings is 2. The molecular formula is C15H13ClF3N. The Bertz CT molecular complexity index is 576. The second kappa shape index (κ2) is 6.18. The fourth-order valence-electron chi connectivity index (χ4n) is 1.96. The zero-order valence-corrected chi connectivity index (χ0v) is 11.5. The van der Waals surface area contributed by atoms with Gasteiger partial charge in [-0.3, -0.25) is 0 Å². The van der Waals surface area contributed by atoms with Gasteiger partial charge in [0.05, 0.1) is 6.04 Å². The van der Waals surface area contributed by atoms with E-state index in [1.807, 2.05) is 19.1 Å². The summed E-state index contributed by atoms with van der Waals surface area (Å²) in [6, 6.07) is 8.89. The third-order valence-corrected chi connectivity index (χ3v) is 3.26. The van der Waals surface area contributed by atoms with E-state index in [2.05, 4.69) is 5.32 Å². The molecule has 1 nitrogen and oxygen atoms in total. The number of anilines is 1. The van der Waals surface area contributed by atoms with Gasteiger partial charge in [0.2, 0.25) is 0 Å². The van der Waals surface area contributed by atoms with Gasteiger partial charge in [0.15, 0.2) is 17.5 Å². The first-order valence-electron chi connectivity index (χ1n) is 6.17. The van der Waals surface area contributed by atoms with E-state index in [-0.39, 0.29) is 11.7 Å². The Labute approximate surface area is 120 Å². The molecule has 20 heavy (non-hydrogen) atoms. The highest BCUT2D eigenvalue weighted by Crippen LogP contribution is 2.25. The lowest BCUT2D eigenvalue weighted by Crippen LogP contribution is -2.10. The summed E-state index contributed by atoms with van der Waals surface area (Å²) in [5.74, 6) is -3.88. The van der Waals surface area contributed by atoms with Crippen LogP contribution in [0, 0.1) is 17.5 Å². The molecule has 0 saturated heterocycles. The van der Waals surface area contributed by atoms with E-state index in [0.717, 1.165) is 17.7 Å². The second-order valence-corrected chi connectivity index (χ2v) is 4.85. The molecule has 1 atom stereocenters. The van der Waals surface area contributed by atoms with Gasteiger partial charge in [0, 0.05) is 22.8 Å². The summed E-state index contributed by atoms with van der Waals surface area (Å²) in [5, 5.41) is 3.60. The number of hydrogen-bond donors (Lipinski definition) is 1. The summed E-state index contributed by atoms with van der Waals surface area (Å²) in [6.45, 7) is 1.93. The molecule has 0 aliphatic rings. The molecule has 0 fully saturated rings. The van der Waals surface area contributed by atoms with Crippen molar-refractivity contribution in [1.82, 2.24) is 0 Å². The highest BCUT2D eigenvalue weighted by Gasteiger charge is 2.14. The van der Waals surface area contributed by atoms with Crippen molar-refractivity contribution in [3.05, 3.63) is 64.4 Å². The van der Waals surface area contributed by atoms with Crippen LogP contribution >= 0.6 is 11.6 Å². The average molecular weight is 300 g/mol. The van der Waals surface area contributed by atoms with Crippen LogP contribution < -0.4 is 5.32 Å². The minimum Gasteiger partial charge on any atom is -0.378 e. The van der Waals surface area contributed by atoms with Gasteiger partial charge in [0.1, 0.15) is 0 Å². The standard InChI is InChI=1S/C15H13ClF3N/c1-2-14(9-3-5-10(16)6-4-9)20-11-7-12(17)15(19)13(18)8-11/h3-8,14,20H,2H2,1H3. The Morgan fingerprint density at radius 3 is 2.10 bits per heavy atom. The van der Waals surface area contributed by atoms with E-state index >= 15 is 0 Å². The summed E-state index contributed by atoms with van der Waals surface area (Å²) in [4.78, 5) is 0. The van der Waals surface area contributed by atoms with E-state index in [4.69, 9.17) is 11.6 Å². The van der Waals surface area contributed by atoms with Gasteiger partial charge in [-0.1, -0.05) is 30.7 Å². The van der Waals surface area contributed by atoms with Crippen LogP contribution in [0.15, 0.2) is 36.4 Å². The molecule has 5 heteroatoms. The lowest BCUT2D eigenvalue weighted by Gasteiger charge is -2.19. The monoisotopic (exact) mass is 299 g/mol. The first-order valence-corrected chi connectivity index (χ1v) is 6.55. The molecule has 2 rings (SSSR count). The predicted octanol–water partition coefficient (Wildman–Crippen LogP) is 5.32. The molecule has 1 unspecified atom stereocenters. The van der Waals surface area contributed by atoms with Crippen molar-refractivity contribution >= 4 is 17.3 Å². The summed E-state index contributed by atoms with van der Waals surface area (Å²) in [6.07, 6.45) is 0.697. The second-order valence-electron chi connectivity index (χ2n) is 4.41. The quantitative estimate of drug-likeness (QED) is 0.753. The Balaban J connectivity index is 2.24. The normalized spacial score (nSPS) is 12.2. The SMILES string of the molecule is CCC(Nc1cc(F)c(F)c(F)c1)c1ccc(Cl)cc1. The lowest BCUT2D eigenvalue weighted by molar-refractivity contribution is 0.447. The van der Waals surface area contributed by atoms with Crippen LogP contribution in [0.1, 0.15) is 24.9 Å². The largest absolute Gasteiger partial charge is 0.378 e. The topological polar surface area (TPSA) is 12.0 Å². The number of nitrogens with one attached hydrogen (secondary N) is 1. The van der Waals surface area contributed by atoms with E-state index in [1.54, 1.807) is 12.1 Å². The molecule has 0 bridgehead atoms. The van der Waals surface area contributed by atoms with Crippen molar-refractivity contribution in [3.63, 3.8) is 0 Å². The van der Waals surface area contributed by atoms with E-state index < -0.39 is 17.5 Å². The predicted molar refractivity (Wildman–Crippen MR) is 74.4 cm³/mol. The Kier molecular flexibility index (Phi) is 4.55. The van der Waals surface area contributed by atoms with Crippen molar-refractivity contribution < 1.29 is 13.2 Å². The zero-order valence-electron chi connectivity index (χ0n) is 10.8. The molecule has 106 valence electrons. The van der Waals surface area contributed by atoms with E-state index in [0.29, 0.717) is 11.4 Å². The first-order chi connectivity index (χ1) is 9.51. The molecule has 1 N–H and O–H groups in total. The average Bonchev–Trinajstić information content (AvgIpc) is 2.43. The minimum atomic E-state index is -1.46. The molecule has 2 aromatic carbocycles. The van der Waals surface area contributed by atoms with Crippen molar-refractivity contribution in [2.75, 3.05) is 5.32 Å². The maximum Gasteiger partial charge on any atom is 0.194 e. The summed E-state index contributed by atoms with van der Waals surface area (Å²) in [5.41, 5.74) is 1.13. The third kappa shape index (κ3) is 3.25. The highest BCUT2D eigenvalue weighted by molar-refractivity contribution is 6.30. The summed E-state index contributed by atoms with van der Waals surface area (Å²) >= 11 is 5.82. The fourth-order valence-corrected chi connectivity index (χ4v) is 2.08. The maximum absolute atomic E-state index is 13.2. The van der Waals surface area contributed by atoms with Crippen molar-refractivity contribution in [2.45, 2.75) is 19.4 Å². The fraction of sp³-hybridized carbons (Fsp3) is 0.200. The lowest BCUT2D eigenvalue weighted by atomic mass is 10.0. The van der Waals surface area contributed by atoms with E-state index in [9.17, 15) is 13.2 Å². The van der Waals surface area contributed by atoms with Crippen LogP contribution in [0.2, 0.25) is 5.02 Å². The molecule has 0 aliphatic carbocycles. The molecule has 2 aromatic rings. The molecule has 0 amide bonds. The van der Waals surface area contributed by atoms with Crippen LogP contribution in [0.25, 0.3) is 0 Å². The highest BCUT2D eigenvalue weighted by atomic mass is 35.5. The van der Waals surface area contributed by atoms with Gasteiger partial charge in [-0.25, -0.2) is 13.2 Å². The zero-order chi connectivity index (χ0) is 14.7. The molecule has 0 aliphatic heterocycles. The van der Waals surface area contributed by atoms with Crippen molar-refractivity contribution in [2.24, 2.45) is 0 Å². The maximum atomic E-state index is 13.2. The Hall–Kier alpha value is -1.68. The Morgan fingerprint density at radius 2 is 1.60 bits per heavy atom. The van der Waals surface area contributed by atoms with Crippen LogP contribution in [0.3, 0.4) is 0 Å². The van der Waals surface area contributed by atoms with Crippen molar-refractivity contribution in [3.8, 4) is 0 Å². The third-order valence-electron chi connectivity index (χ3n) is 3.01. The van der Waals surface area contributed by atoms with Gasteiger partial charge in [0.25, 0.3) is 0 Å². The molecule has 0 heterocycles. The minimum absolute atomic E-state index is 0.142. The van der Waals surface area contributed by atoms with Crippen LogP contribution in [0.5, 0.6) is 0 Å². The molecule has 0 saturated carbocycles. The van der Waals surface area contributed by atoms with Crippen LogP contribution in [-0.2, 0) is 0 Å². The number of halogens is 4. The van der Waals surface area contributed by atoms with Gasteiger partial charge in [-0.05, 0) is 24.1 Å². The van der Waals surface area contributed by atoms with Gasteiger partial charge < -0.3 is 5.32 Å². The molecule has 0 radical (unpaired) electrons. The van der Waals surface area contributed by atoms with Gasteiger partial charge in [-0.2, -0.15) is 0 Å². The molecule has 0 spiro atoms. The molecule has 0 aromatic heterocycles. The van der Waals surface area contributed by atoms with Crippen LogP contribution in [0.4, 0.5) is 18.9 Å². The first kappa shape index (κ1) is 14.7. The number of hydrogen-bond acceptors (Lipinski definition) is 1. The Morgan fingerprint density at radius 1 is 1.05 bits per heavy atom. The van der Waals surface area contributed by atoms with Gasteiger partial charge in [-0.15, -0.1) is 0 Å². The molecular weight excluding hydrogens is 287 g/mol. The van der Waals surface area contributed by atoms with Gasteiger partial charge >= 0.3 is 0 Å². The number of rotatable bonds is 4. The van der Waals surface area contributed by atoms with Crippen molar-refractivity contribution in [1.29, 1.82) is 0 Å². The van der Waals surface area contributed by atoms with Crippen LogP contribution in [-0.4, -0.2) is 0 Å². The summed E-state index contributed by atoms with van der Waals surface area (Å²) < 4.78 is 39.3. The van der Waals surface area contributed by atoms with E-state index in [1.165, 1.54) is 0 Å². The smallest absolute Gasteiger partial charge is 0.194 e.